The number of hydrogen-bond donors (Lipinski definition) is 1. The molecule has 2 fully saturated rings. The average Bonchev–Trinajstić information content (AvgIpc) is 2.31. The Kier molecular flexibility index (Phi) is 3.82. The highest BCUT2D eigenvalue weighted by Crippen LogP contribution is 2.35. The summed E-state index contributed by atoms with van der Waals surface area (Å²) < 4.78 is 0. The number of hydrogen-bond acceptors (Lipinski definition) is 3. The van der Waals surface area contributed by atoms with Crippen LogP contribution in [0.15, 0.2) is 0 Å². The van der Waals surface area contributed by atoms with Gasteiger partial charge in [-0.1, -0.05) is 20.3 Å². The largest absolute Gasteiger partial charge is 0.313 e. The summed E-state index contributed by atoms with van der Waals surface area (Å²) in [6.07, 6.45) is 3.77. The maximum atomic E-state index is 12.1. The van der Waals surface area contributed by atoms with Gasteiger partial charge in [0.05, 0.1) is 0 Å². The van der Waals surface area contributed by atoms with E-state index in [1.54, 1.807) is 0 Å². The molecular formula is C13H22N2O2. The first-order valence-electron chi connectivity index (χ1n) is 6.68. The van der Waals surface area contributed by atoms with Crippen LogP contribution in [0.4, 0.5) is 0 Å². The summed E-state index contributed by atoms with van der Waals surface area (Å²) in [5.74, 6) is 0.365. The number of carbonyl (C=O) groups excluding carboxylic acids is 2. The van der Waals surface area contributed by atoms with Crippen LogP contribution in [0.2, 0.25) is 0 Å². The van der Waals surface area contributed by atoms with Crippen molar-refractivity contribution in [2.24, 2.45) is 11.8 Å². The van der Waals surface area contributed by atoms with Gasteiger partial charge in [0, 0.05) is 31.0 Å². The van der Waals surface area contributed by atoms with Gasteiger partial charge < -0.3 is 5.32 Å². The molecule has 17 heavy (non-hydrogen) atoms. The monoisotopic (exact) mass is 238 g/mol. The minimum atomic E-state index is 0.0662. The van der Waals surface area contributed by atoms with E-state index in [9.17, 15) is 9.59 Å². The van der Waals surface area contributed by atoms with Gasteiger partial charge in [-0.15, -0.1) is 0 Å². The molecule has 4 nitrogen and oxygen atoms in total. The molecular weight excluding hydrogens is 216 g/mol. The van der Waals surface area contributed by atoms with Crippen molar-refractivity contribution in [3.63, 3.8) is 0 Å². The summed E-state index contributed by atoms with van der Waals surface area (Å²) in [6, 6.07) is 0.393. The van der Waals surface area contributed by atoms with Gasteiger partial charge in [0.2, 0.25) is 11.8 Å². The van der Waals surface area contributed by atoms with Crippen LogP contribution in [0, 0.1) is 11.8 Å². The molecule has 2 bridgehead atoms. The average molecular weight is 238 g/mol. The lowest BCUT2D eigenvalue weighted by molar-refractivity contribution is -0.157. The molecule has 1 N–H and O–H groups in total. The topological polar surface area (TPSA) is 49.4 Å². The Labute approximate surface area is 103 Å². The van der Waals surface area contributed by atoms with Gasteiger partial charge in [-0.2, -0.15) is 0 Å². The standard InChI is InChI=1S/C13H22N2O2/c1-9(2)14-6-7-15-12(16)10-4-3-5-11(8-10)13(15)17/h9-11,14H,3-8H2,1-2H3. The lowest BCUT2D eigenvalue weighted by Gasteiger charge is -2.39. The molecule has 1 saturated heterocycles. The molecule has 1 heterocycles. The molecule has 1 aliphatic carbocycles. The number of nitrogens with one attached hydrogen (secondary N) is 1. The Morgan fingerprint density at radius 2 is 1.82 bits per heavy atom. The van der Waals surface area contributed by atoms with Crippen LogP contribution in [0.5, 0.6) is 0 Å². The van der Waals surface area contributed by atoms with Crippen LogP contribution < -0.4 is 5.32 Å². The van der Waals surface area contributed by atoms with Crippen LogP contribution in [-0.2, 0) is 9.59 Å². The zero-order valence-corrected chi connectivity index (χ0v) is 10.7. The zero-order valence-electron chi connectivity index (χ0n) is 10.7. The SMILES string of the molecule is CC(C)NCCN1C(=O)C2CCCC(C2)C1=O. The van der Waals surface area contributed by atoms with E-state index in [-0.39, 0.29) is 23.7 Å². The molecule has 2 aliphatic rings. The smallest absolute Gasteiger partial charge is 0.232 e. The highest BCUT2D eigenvalue weighted by Gasteiger charge is 2.42. The van der Waals surface area contributed by atoms with Gasteiger partial charge in [-0.05, 0) is 19.3 Å². The van der Waals surface area contributed by atoms with Crippen molar-refractivity contribution in [2.75, 3.05) is 13.1 Å². The van der Waals surface area contributed by atoms with Crippen molar-refractivity contribution in [2.45, 2.75) is 45.6 Å². The Morgan fingerprint density at radius 1 is 1.24 bits per heavy atom. The molecule has 0 aromatic rings. The molecule has 2 unspecified atom stereocenters. The van der Waals surface area contributed by atoms with E-state index in [4.69, 9.17) is 0 Å². The fourth-order valence-corrected chi connectivity index (χ4v) is 2.87. The van der Waals surface area contributed by atoms with Gasteiger partial charge in [-0.25, -0.2) is 0 Å². The fourth-order valence-electron chi connectivity index (χ4n) is 2.87. The maximum absolute atomic E-state index is 12.1. The highest BCUT2D eigenvalue weighted by molar-refractivity contribution is 6.00. The van der Waals surface area contributed by atoms with Gasteiger partial charge >= 0.3 is 0 Å². The first-order chi connectivity index (χ1) is 8.09. The van der Waals surface area contributed by atoms with Crippen LogP contribution in [-0.4, -0.2) is 35.8 Å². The first kappa shape index (κ1) is 12.6. The van der Waals surface area contributed by atoms with E-state index in [2.05, 4.69) is 19.2 Å². The second-order valence-corrected chi connectivity index (χ2v) is 5.50. The van der Waals surface area contributed by atoms with E-state index in [1.165, 1.54) is 4.90 Å². The van der Waals surface area contributed by atoms with E-state index in [0.29, 0.717) is 19.1 Å². The van der Waals surface area contributed by atoms with E-state index >= 15 is 0 Å². The molecule has 96 valence electrons. The predicted molar refractivity (Wildman–Crippen MR) is 65.3 cm³/mol. The minimum Gasteiger partial charge on any atom is -0.313 e. The molecule has 0 aromatic carbocycles. The first-order valence-corrected chi connectivity index (χ1v) is 6.68. The van der Waals surface area contributed by atoms with Crippen molar-refractivity contribution < 1.29 is 9.59 Å². The summed E-state index contributed by atoms with van der Waals surface area (Å²) in [5.41, 5.74) is 0. The molecule has 4 heteroatoms. The number of nitrogens with zero attached hydrogens (tertiary/aromatic N) is 1. The second kappa shape index (κ2) is 5.17. The lowest BCUT2D eigenvalue weighted by Crippen LogP contribution is -2.53. The number of rotatable bonds is 4. The molecule has 0 radical (unpaired) electrons. The van der Waals surface area contributed by atoms with Crippen molar-refractivity contribution in [1.82, 2.24) is 10.2 Å². The minimum absolute atomic E-state index is 0.0662. The number of piperidine rings is 1. The molecule has 0 spiro atoms. The van der Waals surface area contributed by atoms with E-state index < -0.39 is 0 Å². The van der Waals surface area contributed by atoms with Crippen molar-refractivity contribution >= 4 is 11.8 Å². The van der Waals surface area contributed by atoms with E-state index in [1.807, 2.05) is 0 Å². The molecule has 1 saturated carbocycles. The Bertz CT molecular complexity index is 293. The summed E-state index contributed by atoms with van der Waals surface area (Å²) in [6.45, 7) is 5.36. The van der Waals surface area contributed by atoms with Gasteiger partial charge in [0.25, 0.3) is 0 Å². The van der Waals surface area contributed by atoms with Crippen LogP contribution >= 0.6 is 0 Å². The highest BCUT2D eigenvalue weighted by atomic mass is 16.2. The zero-order chi connectivity index (χ0) is 12.4. The Balaban J connectivity index is 1.95. The van der Waals surface area contributed by atoms with Crippen LogP contribution in [0.25, 0.3) is 0 Å². The molecule has 1 aliphatic heterocycles. The lowest BCUT2D eigenvalue weighted by atomic mass is 9.77. The van der Waals surface area contributed by atoms with Crippen LogP contribution in [0.3, 0.4) is 0 Å². The quantitative estimate of drug-likeness (QED) is 0.748. The summed E-state index contributed by atoms with van der Waals surface area (Å²) in [5, 5.41) is 3.25. The molecule has 2 rings (SSSR count). The number of imide groups is 1. The molecule has 2 amide bonds. The van der Waals surface area contributed by atoms with Gasteiger partial charge in [0.15, 0.2) is 0 Å². The number of likely N-dealkylation sites (tertiary alicyclic amines) is 1. The third kappa shape index (κ3) is 2.68. The maximum Gasteiger partial charge on any atom is 0.232 e. The summed E-state index contributed by atoms with van der Waals surface area (Å²) in [7, 11) is 0. The van der Waals surface area contributed by atoms with Crippen molar-refractivity contribution in [1.29, 1.82) is 0 Å². The summed E-state index contributed by atoms with van der Waals surface area (Å²) >= 11 is 0. The Morgan fingerprint density at radius 3 is 2.35 bits per heavy atom. The predicted octanol–water partition coefficient (Wildman–Crippen LogP) is 1.16. The van der Waals surface area contributed by atoms with Crippen molar-refractivity contribution in [3.8, 4) is 0 Å². The summed E-state index contributed by atoms with van der Waals surface area (Å²) in [4.78, 5) is 25.7. The van der Waals surface area contributed by atoms with Crippen molar-refractivity contribution in [3.05, 3.63) is 0 Å². The third-order valence-corrected chi connectivity index (χ3v) is 3.79. The molecule has 2 atom stereocenters. The second-order valence-electron chi connectivity index (χ2n) is 5.50. The van der Waals surface area contributed by atoms with Crippen LogP contribution in [0.1, 0.15) is 39.5 Å². The normalized spacial score (nSPS) is 29.0. The van der Waals surface area contributed by atoms with E-state index in [0.717, 1.165) is 25.7 Å². The number of amides is 2. The van der Waals surface area contributed by atoms with Gasteiger partial charge in [0.1, 0.15) is 0 Å². The van der Waals surface area contributed by atoms with Gasteiger partial charge in [-0.3, -0.25) is 14.5 Å². The molecule has 0 aromatic heterocycles. The Hall–Kier alpha value is -0.900. The third-order valence-electron chi connectivity index (χ3n) is 3.79. The number of fused-ring (bicyclic) bond motifs is 2. The fraction of sp³-hybridized carbons (Fsp3) is 0.846. The number of carbonyl (C=O) groups is 2.